The molecule has 0 aliphatic heterocycles. The number of hydrogen-bond donors (Lipinski definition) is 0. The van der Waals surface area contributed by atoms with Crippen LogP contribution in [-0.2, 0) is 0 Å². The Morgan fingerprint density at radius 2 is 0.649 bits per heavy atom. The molecule has 2 heterocycles. The lowest BCUT2D eigenvalue weighted by Gasteiger charge is -2.04. The molecule has 37 heavy (non-hydrogen) atoms. The van der Waals surface area contributed by atoms with Gasteiger partial charge in [-0.25, -0.2) is 19.9 Å². The summed E-state index contributed by atoms with van der Waals surface area (Å²) in [5.41, 5.74) is 3.84. The maximum absolute atomic E-state index is 5.99. The van der Waals surface area contributed by atoms with E-state index >= 15 is 0 Å². The number of aromatic nitrogens is 6. The van der Waals surface area contributed by atoms with Crippen molar-refractivity contribution in [2.24, 2.45) is 0 Å². The Morgan fingerprint density at radius 1 is 0.351 bits per heavy atom. The molecule has 0 N–H and O–H groups in total. The molecule has 178 valence electrons. The molecule has 7 heteroatoms. The summed E-state index contributed by atoms with van der Waals surface area (Å²) >= 11 is 5.99. The van der Waals surface area contributed by atoms with Gasteiger partial charge in [-0.15, -0.1) is 0 Å². The Labute approximate surface area is 219 Å². The third-order valence-corrected chi connectivity index (χ3v) is 5.48. The van der Waals surface area contributed by atoms with Crippen molar-refractivity contribution >= 4 is 11.6 Å². The van der Waals surface area contributed by atoms with Gasteiger partial charge in [0.1, 0.15) is 6.33 Å². The molecular formula is C30H21ClN6. The molecule has 6 rings (SSSR count). The standard InChI is InChI=1S/C15H10ClN3.C15H11N3/c16-15-18-13(11-7-3-1-4-8-11)17-14(19-15)12-9-5-2-6-10-12;1-3-7-12(8-4-1)14-16-11-17-15(18-14)13-9-5-2-6-10-13/h1-10H;1-11H. The highest BCUT2D eigenvalue weighted by molar-refractivity contribution is 6.28. The maximum atomic E-state index is 5.99. The summed E-state index contributed by atoms with van der Waals surface area (Å²) in [6, 6.07) is 39.2. The van der Waals surface area contributed by atoms with Gasteiger partial charge in [0.15, 0.2) is 23.3 Å². The van der Waals surface area contributed by atoms with Crippen molar-refractivity contribution in [3.63, 3.8) is 0 Å². The highest BCUT2D eigenvalue weighted by Gasteiger charge is 2.08. The molecule has 0 saturated heterocycles. The van der Waals surface area contributed by atoms with Crippen molar-refractivity contribution < 1.29 is 0 Å². The fourth-order valence-corrected chi connectivity index (χ4v) is 3.69. The SMILES string of the molecule is Clc1nc(-c2ccccc2)nc(-c2ccccc2)n1.c1ccc(-c2ncnc(-c3ccccc3)n2)cc1. The van der Waals surface area contributed by atoms with Crippen LogP contribution < -0.4 is 0 Å². The van der Waals surface area contributed by atoms with Crippen LogP contribution in [0.4, 0.5) is 0 Å². The van der Waals surface area contributed by atoms with Crippen molar-refractivity contribution in [3.8, 4) is 45.6 Å². The van der Waals surface area contributed by atoms with Crippen LogP contribution in [0.25, 0.3) is 45.6 Å². The summed E-state index contributed by atoms with van der Waals surface area (Å²) in [6.45, 7) is 0. The van der Waals surface area contributed by atoms with Crippen LogP contribution in [0, 0.1) is 0 Å². The predicted octanol–water partition coefficient (Wildman–Crippen LogP) is 7.06. The van der Waals surface area contributed by atoms with Crippen LogP contribution in [0.3, 0.4) is 0 Å². The van der Waals surface area contributed by atoms with E-state index in [1.807, 2.05) is 121 Å². The van der Waals surface area contributed by atoms with E-state index in [2.05, 4.69) is 29.9 Å². The summed E-state index contributed by atoms with van der Waals surface area (Å²) in [6.07, 6.45) is 1.55. The normalized spacial score (nSPS) is 10.3. The molecule has 6 aromatic rings. The number of nitrogens with zero attached hydrogens (tertiary/aromatic N) is 6. The first-order valence-electron chi connectivity index (χ1n) is 11.6. The number of hydrogen-bond acceptors (Lipinski definition) is 6. The Kier molecular flexibility index (Phi) is 7.59. The van der Waals surface area contributed by atoms with Crippen molar-refractivity contribution in [3.05, 3.63) is 133 Å². The van der Waals surface area contributed by atoms with E-state index in [-0.39, 0.29) is 5.28 Å². The van der Waals surface area contributed by atoms with Gasteiger partial charge in [-0.05, 0) is 11.6 Å². The zero-order valence-corrected chi connectivity index (χ0v) is 20.4. The van der Waals surface area contributed by atoms with E-state index in [9.17, 15) is 0 Å². The third-order valence-electron chi connectivity index (χ3n) is 5.31. The van der Waals surface area contributed by atoms with Gasteiger partial charge in [0, 0.05) is 22.3 Å². The first-order chi connectivity index (χ1) is 18.3. The Balaban J connectivity index is 0.000000152. The van der Waals surface area contributed by atoms with Crippen molar-refractivity contribution in [2.45, 2.75) is 0 Å². The van der Waals surface area contributed by atoms with Crippen molar-refractivity contribution in [1.29, 1.82) is 0 Å². The minimum Gasteiger partial charge on any atom is -0.217 e. The molecule has 0 spiro atoms. The summed E-state index contributed by atoms with van der Waals surface area (Å²) in [4.78, 5) is 25.7. The molecule has 0 fully saturated rings. The third kappa shape index (κ3) is 6.25. The van der Waals surface area contributed by atoms with Crippen LogP contribution in [0.2, 0.25) is 5.28 Å². The van der Waals surface area contributed by atoms with Gasteiger partial charge in [-0.1, -0.05) is 121 Å². The van der Waals surface area contributed by atoms with Gasteiger partial charge in [0.2, 0.25) is 5.28 Å². The first-order valence-corrected chi connectivity index (χ1v) is 12.0. The van der Waals surface area contributed by atoms with E-state index in [4.69, 9.17) is 11.6 Å². The van der Waals surface area contributed by atoms with Gasteiger partial charge in [-0.3, -0.25) is 0 Å². The van der Waals surface area contributed by atoms with E-state index in [0.717, 1.165) is 22.3 Å². The molecule has 2 aromatic heterocycles. The van der Waals surface area contributed by atoms with Crippen LogP contribution in [0.1, 0.15) is 0 Å². The van der Waals surface area contributed by atoms with E-state index < -0.39 is 0 Å². The number of rotatable bonds is 4. The van der Waals surface area contributed by atoms with Crippen LogP contribution in [0.5, 0.6) is 0 Å². The lowest BCUT2D eigenvalue weighted by atomic mass is 10.2. The fourth-order valence-electron chi connectivity index (χ4n) is 3.53. The minimum absolute atomic E-state index is 0.202. The van der Waals surface area contributed by atoms with E-state index in [0.29, 0.717) is 23.3 Å². The van der Waals surface area contributed by atoms with Gasteiger partial charge in [-0.2, -0.15) is 9.97 Å². The van der Waals surface area contributed by atoms with Crippen molar-refractivity contribution in [2.75, 3.05) is 0 Å². The summed E-state index contributed by atoms with van der Waals surface area (Å²) in [7, 11) is 0. The molecular weight excluding hydrogens is 480 g/mol. The van der Waals surface area contributed by atoms with E-state index in [1.54, 1.807) is 6.33 Å². The lowest BCUT2D eigenvalue weighted by molar-refractivity contribution is 1.06. The fraction of sp³-hybridized carbons (Fsp3) is 0. The molecule has 0 aliphatic rings. The Morgan fingerprint density at radius 3 is 1.00 bits per heavy atom. The summed E-state index contributed by atoms with van der Waals surface area (Å²) in [5.74, 6) is 2.56. The van der Waals surface area contributed by atoms with Crippen LogP contribution >= 0.6 is 11.6 Å². The maximum Gasteiger partial charge on any atom is 0.226 e. The zero-order valence-electron chi connectivity index (χ0n) is 19.7. The molecule has 0 saturated carbocycles. The van der Waals surface area contributed by atoms with Gasteiger partial charge < -0.3 is 0 Å². The molecule has 0 unspecified atom stereocenters. The van der Waals surface area contributed by atoms with E-state index in [1.165, 1.54) is 0 Å². The van der Waals surface area contributed by atoms with Gasteiger partial charge >= 0.3 is 0 Å². The van der Waals surface area contributed by atoms with Gasteiger partial charge in [0.05, 0.1) is 0 Å². The number of benzene rings is 4. The van der Waals surface area contributed by atoms with Crippen LogP contribution in [-0.4, -0.2) is 29.9 Å². The minimum atomic E-state index is 0.202. The molecule has 4 aromatic carbocycles. The average Bonchev–Trinajstić information content (AvgIpc) is 2.99. The number of halogens is 1. The second-order valence-electron chi connectivity index (χ2n) is 7.85. The molecule has 0 amide bonds. The Hall–Kier alpha value is -4.81. The quantitative estimate of drug-likeness (QED) is 0.258. The largest absolute Gasteiger partial charge is 0.226 e. The molecule has 0 bridgehead atoms. The summed E-state index contributed by atoms with van der Waals surface area (Å²) < 4.78 is 0. The second kappa shape index (κ2) is 11.7. The predicted molar refractivity (Wildman–Crippen MR) is 146 cm³/mol. The Bertz CT molecular complexity index is 1450. The monoisotopic (exact) mass is 500 g/mol. The van der Waals surface area contributed by atoms with Crippen LogP contribution in [0.15, 0.2) is 128 Å². The highest BCUT2D eigenvalue weighted by atomic mass is 35.5. The topological polar surface area (TPSA) is 77.3 Å². The summed E-state index contributed by atoms with van der Waals surface area (Å²) in [5, 5.41) is 0.202. The molecule has 0 atom stereocenters. The molecule has 0 radical (unpaired) electrons. The molecule has 0 aliphatic carbocycles. The first kappa shape index (κ1) is 23.9. The smallest absolute Gasteiger partial charge is 0.217 e. The zero-order chi connectivity index (χ0) is 25.3. The average molecular weight is 501 g/mol. The lowest BCUT2D eigenvalue weighted by Crippen LogP contribution is -1.96. The molecule has 6 nitrogen and oxygen atoms in total. The second-order valence-corrected chi connectivity index (χ2v) is 8.19. The highest BCUT2D eigenvalue weighted by Crippen LogP contribution is 2.21. The van der Waals surface area contributed by atoms with Gasteiger partial charge in [0.25, 0.3) is 0 Å². The van der Waals surface area contributed by atoms with Crippen molar-refractivity contribution in [1.82, 2.24) is 29.9 Å².